The molecule has 7 nitrogen and oxygen atoms in total. The molecule has 0 radical (unpaired) electrons. The third-order valence-corrected chi connectivity index (χ3v) is 10.8. The molecule has 8 heteroatoms. The monoisotopic (exact) mass is 560 g/mol. The Morgan fingerprint density at radius 2 is 1.71 bits per heavy atom. The number of thiophene rings is 1. The molecule has 2 unspecified atom stereocenters. The standard InChI is InChI=1S/C33H28N4O3S/c1-17-16-41-30-27(38)14-28-33(29(17)30)18(2)22(33)15-37(28)32(40)26-13-20-11-21(9-10-24(20)36(26)4)34-31(39)25-12-19-7-5-6-8-23(19)35(25)3/h5-14,16,18,22H,15H2,1-4H3,(H,34,39)/t18-,22?,33?/m0/s1. The minimum atomic E-state index is -0.229. The van der Waals surface area contributed by atoms with Gasteiger partial charge in [0, 0.05) is 65.3 Å². The third-order valence-electron chi connectivity index (χ3n) is 9.72. The van der Waals surface area contributed by atoms with E-state index in [9.17, 15) is 14.4 Å². The number of allylic oxidation sites excluding steroid dienone is 2. The zero-order valence-corrected chi connectivity index (χ0v) is 24.0. The van der Waals surface area contributed by atoms with Gasteiger partial charge in [-0.2, -0.15) is 0 Å². The van der Waals surface area contributed by atoms with E-state index in [0.29, 0.717) is 35.5 Å². The van der Waals surface area contributed by atoms with Crippen molar-refractivity contribution in [1.82, 2.24) is 14.0 Å². The summed E-state index contributed by atoms with van der Waals surface area (Å²) in [4.78, 5) is 43.0. The van der Waals surface area contributed by atoms with Crippen molar-refractivity contribution in [2.45, 2.75) is 19.3 Å². The number of para-hydroxylation sites is 1. The van der Waals surface area contributed by atoms with Crippen LogP contribution in [0, 0.1) is 18.8 Å². The first-order valence-electron chi connectivity index (χ1n) is 13.8. The number of anilines is 1. The fourth-order valence-electron chi connectivity index (χ4n) is 7.63. The van der Waals surface area contributed by atoms with Crippen LogP contribution in [0.15, 0.2) is 71.8 Å². The lowest BCUT2D eigenvalue weighted by atomic mass is 9.82. The Bertz CT molecular complexity index is 2040. The highest BCUT2D eigenvalue weighted by Gasteiger charge is 2.73. The lowest BCUT2D eigenvalue weighted by Crippen LogP contribution is -2.35. The molecule has 2 aromatic carbocycles. The largest absolute Gasteiger partial charge is 0.340 e. The van der Waals surface area contributed by atoms with Crippen molar-refractivity contribution in [2.24, 2.45) is 25.9 Å². The van der Waals surface area contributed by atoms with Gasteiger partial charge in [-0.1, -0.05) is 25.1 Å². The topological polar surface area (TPSA) is 76.3 Å². The molecule has 1 N–H and O–H groups in total. The average molecular weight is 561 g/mol. The van der Waals surface area contributed by atoms with Gasteiger partial charge in [-0.05, 0) is 71.7 Å². The first-order valence-corrected chi connectivity index (χ1v) is 14.7. The summed E-state index contributed by atoms with van der Waals surface area (Å²) in [5.74, 6) is 0.434. The Hall–Kier alpha value is -4.43. The van der Waals surface area contributed by atoms with E-state index in [2.05, 4.69) is 24.5 Å². The second-order valence-electron chi connectivity index (χ2n) is 11.7. The third kappa shape index (κ3) is 3.05. The molecular formula is C33H28N4O3S. The molecule has 5 aromatic rings. The van der Waals surface area contributed by atoms with Crippen molar-refractivity contribution in [2.75, 3.05) is 11.9 Å². The number of likely N-dealkylation sites (tertiary alicyclic amines) is 1. The maximum absolute atomic E-state index is 14.1. The molecule has 41 heavy (non-hydrogen) atoms. The van der Waals surface area contributed by atoms with Gasteiger partial charge in [-0.15, -0.1) is 11.3 Å². The maximum Gasteiger partial charge on any atom is 0.274 e. The Morgan fingerprint density at radius 1 is 0.976 bits per heavy atom. The fraction of sp³-hybridized carbons (Fsp3) is 0.242. The maximum atomic E-state index is 14.1. The van der Waals surface area contributed by atoms with Crippen LogP contribution < -0.4 is 5.32 Å². The molecule has 1 saturated carbocycles. The Labute approximate surface area is 240 Å². The number of aryl methyl sites for hydroxylation is 3. The van der Waals surface area contributed by atoms with E-state index >= 15 is 0 Å². The van der Waals surface area contributed by atoms with Crippen LogP contribution in [0.2, 0.25) is 0 Å². The molecule has 2 fully saturated rings. The number of nitrogens with one attached hydrogen (secondary N) is 1. The molecule has 204 valence electrons. The summed E-state index contributed by atoms with van der Waals surface area (Å²) in [6, 6.07) is 17.4. The highest BCUT2D eigenvalue weighted by molar-refractivity contribution is 7.12. The first kappa shape index (κ1) is 24.4. The predicted octanol–water partition coefficient (Wildman–Crippen LogP) is 6.03. The van der Waals surface area contributed by atoms with Gasteiger partial charge in [0.25, 0.3) is 11.8 Å². The number of aromatic nitrogens is 2. The lowest BCUT2D eigenvalue weighted by Gasteiger charge is -2.30. The van der Waals surface area contributed by atoms with Gasteiger partial charge in [0.1, 0.15) is 11.4 Å². The smallest absolute Gasteiger partial charge is 0.274 e. The number of ketones is 1. The quantitative estimate of drug-likeness (QED) is 0.293. The number of amides is 2. The number of benzene rings is 2. The van der Waals surface area contributed by atoms with Gasteiger partial charge in [-0.25, -0.2) is 0 Å². The number of carbonyl (C=O) groups excluding carboxylic acids is 3. The van der Waals surface area contributed by atoms with Crippen LogP contribution in [0.5, 0.6) is 0 Å². The summed E-state index contributed by atoms with van der Waals surface area (Å²) >= 11 is 1.52. The van der Waals surface area contributed by atoms with E-state index in [-0.39, 0.29) is 23.0 Å². The molecule has 3 aliphatic rings. The van der Waals surface area contributed by atoms with Gasteiger partial charge in [0.05, 0.1) is 4.88 Å². The normalized spacial score (nSPS) is 22.5. The molecule has 3 atom stereocenters. The molecular weight excluding hydrogens is 532 g/mol. The zero-order valence-electron chi connectivity index (χ0n) is 23.2. The number of nitrogens with zero attached hydrogens (tertiary/aromatic N) is 3. The molecule has 3 aromatic heterocycles. The number of rotatable bonds is 3. The summed E-state index contributed by atoms with van der Waals surface area (Å²) in [5.41, 5.74) is 6.60. The van der Waals surface area contributed by atoms with E-state index in [1.165, 1.54) is 11.3 Å². The van der Waals surface area contributed by atoms with Crippen LogP contribution >= 0.6 is 11.3 Å². The van der Waals surface area contributed by atoms with Crippen molar-refractivity contribution in [3.05, 3.63) is 99.1 Å². The summed E-state index contributed by atoms with van der Waals surface area (Å²) in [6.45, 7) is 4.93. The Morgan fingerprint density at radius 3 is 2.51 bits per heavy atom. The van der Waals surface area contributed by atoms with Crippen molar-refractivity contribution in [1.29, 1.82) is 0 Å². The van der Waals surface area contributed by atoms with Gasteiger partial charge in [0.15, 0.2) is 5.78 Å². The summed E-state index contributed by atoms with van der Waals surface area (Å²) < 4.78 is 3.79. The molecule has 0 bridgehead atoms. The van der Waals surface area contributed by atoms with Gasteiger partial charge in [-0.3, -0.25) is 14.4 Å². The molecule has 1 saturated heterocycles. The van der Waals surface area contributed by atoms with E-state index in [1.54, 1.807) is 6.08 Å². The summed E-state index contributed by atoms with van der Waals surface area (Å²) in [7, 11) is 3.78. The van der Waals surface area contributed by atoms with Crippen LogP contribution in [0.25, 0.3) is 21.8 Å². The van der Waals surface area contributed by atoms with Crippen molar-refractivity contribution in [3.63, 3.8) is 0 Å². The van der Waals surface area contributed by atoms with Crippen LogP contribution in [0.4, 0.5) is 5.69 Å². The second kappa shape index (κ2) is 8.07. The molecule has 4 heterocycles. The molecule has 8 rings (SSSR count). The van der Waals surface area contributed by atoms with Crippen molar-refractivity contribution in [3.8, 4) is 0 Å². The predicted molar refractivity (Wildman–Crippen MR) is 161 cm³/mol. The SMILES string of the molecule is Cc1csc2c1C13C(=CC2=O)N(C(=O)c2cc4cc(NC(=O)c5cc6ccccc6n5C)ccc4n2C)CC1[C@@H]3C. The van der Waals surface area contributed by atoms with Crippen LogP contribution in [0.1, 0.15) is 48.7 Å². The number of fused-ring (bicyclic) bond motifs is 3. The van der Waals surface area contributed by atoms with Crippen LogP contribution in [-0.2, 0) is 19.5 Å². The van der Waals surface area contributed by atoms with Crippen molar-refractivity contribution >= 4 is 56.4 Å². The number of hydrogen-bond acceptors (Lipinski definition) is 4. The zero-order chi connectivity index (χ0) is 28.4. The molecule has 2 aliphatic carbocycles. The van der Waals surface area contributed by atoms with E-state index in [0.717, 1.165) is 43.5 Å². The molecule has 2 amide bonds. The number of carbonyl (C=O) groups is 3. The second-order valence-corrected chi connectivity index (χ2v) is 12.5. The van der Waals surface area contributed by atoms with Gasteiger partial charge >= 0.3 is 0 Å². The molecule has 1 spiro atoms. The fourth-order valence-corrected chi connectivity index (χ4v) is 8.66. The summed E-state index contributed by atoms with van der Waals surface area (Å²) in [6.07, 6.45) is 1.71. The minimum absolute atomic E-state index is 0.000168. The van der Waals surface area contributed by atoms with Crippen molar-refractivity contribution < 1.29 is 14.4 Å². The summed E-state index contributed by atoms with van der Waals surface area (Å²) in [5, 5.41) is 6.97. The van der Waals surface area contributed by atoms with Crippen LogP contribution in [0.3, 0.4) is 0 Å². The minimum Gasteiger partial charge on any atom is -0.340 e. The highest BCUT2D eigenvalue weighted by atomic mass is 32.1. The Balaban J connectivity index is 1.11. The highest BCUT2D eigenvalue weighted by Crippen LogP contribution is 2.71. The van der Waals surface area contributed by atoms with E-state index < -0.39 is 0 Å². The average Bonchev–Trinajstić information content (AvgIpc) is 3.45. The lowest BCUT2D eigenvalue weighted by molar-refractivity contribution is 0.0797. The van der Waals surface area contributed by atoms with E-state index in [4.69, 9.17) is 0 Å². The van der Waals surface area contributed by atoms with Gasteiger partial charge < -0.3 is 19.4 Å². The van der Waals surface area contributed by atoms with Crippen LogP contribution in [-0.4, -0.2) is 38.2 Å². The number of piperidine rings is 1. The number of hydrogen-bond donors (Lipinski definition) is 1. The van der Waals surface area contributed by atoms with Gasteiger partial charge in [0.2, 0.25) is 0 Å². The molecule has 1 aliphatic heterocycles. The Kier molecular flexibility index (Phi) is 4.80. The van der Waals surface area contributed by atoms with E-state index in [1.807, 2.05) is 82.7 Å². The first-order chi connectivity index (χ1) is 19.7.